The van der Waals surface area contributed by atoms with Gasteiger partial charge in [-0.3, -0.25) is 4.79 Å². The van der Waals surface area contributed by atoms with Gasteiger partial charge in [-0.2, -0.15) is 0 Å². The third kappa shape index (κ3) is 5.30. The largest absolute Gasteiger partial charge is 0.299 e. The molecule has 2 unspecified atom stereocenters. The third-order valence-electron chi connectivity index (χ3n) is 4.94. The molecule has 0 aromatic heterocycles. The molecule has 0 saturated heterocycles. The molecule has 2 atom stereocenters. The van der Waals surface area contributed by atoms with E-state index in [2.05, 4.69) is 37.3 Å². The normalized spacial score (nSPS) is 22.4. The van der Waals surface area contributed by atoms with Crippen LogP contribution in [-0.2, 0) is 4.79 Å². The maximum Gasteiger partial charge on any atom is 0.136 e. The van der Waals surface area contributed by atoms with Gasteiger partial charge in [-0.05, 0) is 30.7 Å². The molecule has 1 saturated carbocycles. The number of hydrogen-bond donors (Lipinski definition) is 0. The molecule has 1 aliphatic rings. The van der Waals surface area contributed by atoms with Gasteiger partial charge in [0.05, 0.1) is 0 Å². The van der Waals surface area contributed by atoms with E-state index in [0.29, 0.717) is 17.6 Å². The monoisotopic (exact) mass is 286 g/mol. The number of unbranched alkanes of at least 4 members (excludes halogenated alkanes) is 5. The summed E-state index contributed by atoms with van der Waals surface area (Å²) in [6, 6.07) is 10.8. The molecule has 0 aliphatic heterocycles. The van der Waals surface area contributed by atoms with Crippen molar-refractivity contribution in [3.63, 3.8) is 0 Å². The molecule has 1 nitrogen and oxygen atoms in total. The molecule has 2 rings (SSSR count). The van der Waals surface area contributed by atoms with Gasteiger partial charge in [0, 0.05) is 12.3 Å². The lowest BCUT2D eigenvalue weighted by atomic mass is 9.75. The van der Waals surface area contributed by atoms with Crippen molar-refractivity contribution in [2.45, 2.75) is 77.0 Å². The maximum atomic E-state index is 12.1. The van der Waals surface area contributed by atoms with E-state index in [9.17, 15) is 4.79 Å². The van der Waals surface area contributed by atoms with Crippen LogP contribution in [0.25, 0.3) is 0 Å². The summed E-state index contributed by atoms with van der Waals surface area (Å²) < 4.78 is 0. The number of benzene rings is 1. The average molecular weight is 286 g/mol. The predicted octanol–water partition coefficient (Wildman–Crippen LogP) is 5.89. The van der Waals surface area contributed by atoms with Crippen molar-refractivity contribution < 1.29 is 4.79 Å². The molecular formula is C20H30O. The Balaban J connectivity index is 1.75. The number of carbonyl (C=O) groups is 1. The molecular weight excluding hydrogens is 256 g/mol. The van der Waals surface area contributed by atoms with Crippen molar-refractivity contribution in [3.05, 3.63) is 35.9 Å². The summed E-state index contributed by atoms with van der Waals surface area (Å²) in [4.78, 5) is 12.1. The topological polar surface area (TPSA) is 17.1 Å². The van der Waals surface area contributed by atoms with Gasteiger partial charge in [-0.15, -0.1) is 0 Å². The van der Waals surface area contributed by atoms with Gasteiger partial charge in [0.15, 0.2) is 0 Å². The van der Waals surface area contributed by atoms with E-state index in [1.54, 1.807) is 0 Å². The Morgan fingerprint density at radius 2 is 1.71 bits per heavy atom. The highest BCUT2D eigenvalue weighted by Crippen LogP contribution is 2.36. The summed E-state index contributed by atoms with van der Waals surface area (Å²) in [6.45, 7) is 2.25. The van der Waals surface area contributed by atoms with Crippen molar-refractivity contribution in [1.29, 1.82) is 0 Å². The highest BCUT2D eigenvalue weighted by Gasteiger charge is 2.28. The van der Waals surface area contributed by atoms with Crippen LogP contribution in [0.4, 0.5) is 0 Å². The number of rotatable bonds is 8. The molecule has 0 N–H and O–H groups in total. The lowest BCUT2D eigenvalue weighted by Crippen LogP contribution is -2.24. The minimum Gasteiger partial charge on any atom is -0.299 e. The van der Waals surface area contributed by atoms with Gasteiger partial charge in [0.1, 0.15) is 5.78 Å². The summed E-state index contributed by atoms with van der Waals surface area (Å²) >= 11 is 0. The Morgan fingerprint density at radius 1 is 1.00 bits per heavy atom. The molecule has 1 aliphatic carbocycles. The molecule has 1 heteroatoms. The number of hydrogen-bond acceptors (Lipinski definition) is 1. The summed E-state index contributed by atoms with van der Waals surface area (Å²) in [5, 5.41) is 0. The van der Waals surface area contributed by atoms with E-state index in [-0.39, 0.29) is 0 Å². The standard InChI is InChI=1S/C20H30O/c1-2-3-4-5-6-8-13-19-16-18(14-15-20(19)21)17-11-9-7-10-12-17/h7,9-12,18-19H,2-6,8,13-16H2,1H3. The Bertz CT molecular complexity index is 409. The van der Waals surface area contributed by atoms with Crippen LogP contribution in [0.3, 0.4) is 0 Å². The number of Topliss-reactive ketones (excluding diaryl/α,β-unsaturated/α-hetero) is 1. The quantitative estimate of drug-likeness (QED) is 0.544. The zero-order valence-electron chi connectivity index (χ0n) is 13.5. The first-order valence-corrected chi connectivity index (χ1v) is 8.89. The van der Waals surface area contributed by atoms with Gasteiger partial charge in [-0.1, -0.05) is 75.8 Å². The molecule has 0 bridgehead atoms. The van der Waals surface area contributed by atoms with Crippen LogP contribution in [0.5, 0.6) is 0 Å². The van der Waals surface area contributed by atoms with E-state index < -0.39 is 0 Å². The van der Waals surface area contributed by atoms with Crippen molar-refractivity contribution in [2.24, 2.45) is 5.92 Å². The van der Waals surface area contributed by atoms with Crippen LogP contribution < -0.4 is 0 Å². The minimum absolute atomic E-state index is 0.329. The Morgan fingerprint density at radius 3 is 2.48 bits per heavy atom. The molecule has 21 heavy (non-hydrogen) atoms. The molecule has 0 amide bonds. The minimum atomic E-state index is 0.329. The smallest absolute Gasteiger partial charge is 0.136 e. The molecule has 0 spiro atoms. The van der Waals surface area contributed by atoms with E-state index in [4.69, 9.17) is 0 Å². The van der Waals surface area contributed by atoms with E-state index in [0.717, 1.165) is 25.7 Å². The molecule has 1 fully saturated rings. The Labute approximate surface area is 130 Å². The molecule has 0 heterocycles. The van der Waals surface area contributed by atoms with Gasteiger partial charge in [-0.25, -0.2) is 0 Å². The predicted molar refractivity (Wildman–Crippen MR) is 89.5 cm³/mol. The van der Waals surface area contributed by atoms with E-state index in [1.807, 2.05) is 0 Å². The SMILES string of the molecule is CCCCCCCCC1CC(c2ccccc2)CCC1=O. The summed E-state index contributed by atoms with van der Waals surface area (Å²) in [5.41, 5.74) is 1.43. The van der Waals surface area contributed by atoms with E-state index >= 15 is 0 Å². The van der Waals surface area contributed by atoms with Crippen LogP contribution in [0.15, 0.2) is 30.3 Å². The average Bonchev–Trinajstić information content (AvgIpc) is 2.53. The van der Waals surface area contributed by atoms with Gasteiger partial charge in [0.25, 0.3) is 0 Å². The first-order valence-electron chi connectivity index (χ1n) is 8.89. The van der Waals surface area contributed by atoms with Crippen molar-refractivity contribution in [2.75, 3.05) is 0 Å². The fourth-order valence-corrected chi connectivity index (χ4v) is 3.59. The van der Waals surface area contributed by atoms with Crippen molar-refractivity contribution in [1.82, 2.24) is 0 Å². The lowest BCUT2D eigenvalue weighted by Gasteiger charge is -2.28. The maximum absolute atomic E-state index is 12.1. The van der Waals surface area contributed by atoms with Crippen LogP contribution in [0, 0.1) is 5.92 Å². The summed E-state index contributed by atoms with van der Waals surface area (Å²) in [7, 11) is 0. The molecule has 116 valence electrons. The number of carbonyl (C=O) groups excluding carboxylic acids is 1. The van der Waals surface area contributed by atoms with Crippen LogP contribution in [0.2, 0.25) is 0 Å². The molecule has 1 aromatic carbocycles. The van der Waals surface area contributed by atoms with Gasteiger partial charge in [0.2, 0.25) is 0 Å². The molecule has 1 aromatic rings. The number of ketones is 1. The van der Waals surface area contributed by atoms with Gasteiger partial charge >= 0.3 is 0 Å². The summed E-state index contributed by atoms with van der Waals surface area (Å²) in [5.74, 6) is 1.46. The molecule has 0 radical (unpaired) electrons. The fraction of sp³-hybridized carbons (Fsp3) is 0.650. The Hall–Kier alpha value is -1.11. The second-order valence-corrected chi connectivity index (χ2v) is 6.60. The summed E-state index contributed by atoms with van der Waals surface area (Å²) in [6.07, 6.45) is 12.0. The first kappa shape index (κ1) is 16.3. The van der Waals surface area contributed by atoms with Crippen LogP contribution >= 0.6 is 0 Å². The lowest BCUT2D eigenvalue weighted by molar-refractivity contribution is -0.125. The zero-order chi connectivity index (χ0) is 14.9. The second kappa shape index (κ2) is 9.02. The first-order chi connectivity index (χ1) is 10.3. The third-order valence-corrected chi connectivity index (χ3v) is 4.94. The van der Waals surface area contributed by atoms with Crippen molar-refractivity contribution in [3.8, 4) is 0 Å². The highest BCUT2D eigenvalue weighted by molar-refractivity contribution is 5.82. The second-order valence-electron chi connectivity index (χ2n) is 6.60. The van der Waals surface area contributed by atoms with E-state index in [1.165, 1.54) is 44.1 Å². The fourth-order valence-electron chi connectivity index (χ4n) is 3.59. The van der Waals surface area contributed by atoms with Crippen LogP contribution in [0.1, 0.15) is 82.6 Å². The van der Waals surface area contributed by atoms with Gasteiger partial charge < -0.3 is 0 Å². The zero-order valence-corrected chi connectivity index (χ0v) is 13.5. The van der Waals surface area contributed by atoms with Crippen molar-refractivity contribution >= 4 is 5.78 Å². The highest BCUT2D eigenvalue weighted by atomic mass is 16.1. The van der Waals surface area contributed by atoms with Crippen LogP contribution in [-0.4, -0.2) is 5.78 Å². The Kier molecular flexibility index (Phi) is 6.99.